The Bertz CT molecular complexity index is 1120. The van der Waals surface area contributed by atoms with Crippen LogP contribution in [0.4, 0.5) is 11.4 Å². The van der Waals surface area contributed by atoms with Gasteiger partial charge in [0.1, 0.15) is 11.5 Å². The van der Waals surface area contributed by atoms with Crippen molar-refractivity contribution in [2.45, 2.75) is 13.0 Å². The molecule has 0 fully saturated rings. The van der Waals surface area contributed by atoms with Crippen molar-refractivity contribution in [3.63, 3.8) is 0 Å². The number of para-hydroxylation sites is 1. The molecule has 31 heavy (non-hydrogen) atoms. The van der Waals surface area contributed by atoms with Crippen molar-refractivity contribution < 1.29 is 24.0 Å². The van der Waals surface area contributed by atoms with Crippen molar-refractivity contribution >= 4 is 34.9 Å². The number of amides is 1. The number of carbonyl (C=O) groups excluding carboxylic acids is 2. The number of nitro groups is 1. The number of anilines is 1. The SMILES string of the molecule is C[C@@H](OC(=O)c1cccc(Oc2ccccc2)c1)C(=O)Nc1ccc([N+](=O)[O-])cc1Cl. The van der Waals surface area contributed by atoms with Crippen LogP contribution >= 0.6 is 11.6 Å². The highest BCUT2D eigenvalue weighted by Gasteiger charge is 2.21. The molecule has 0 spiro atoms. The topological polar surface area (TPSA) is 108 Å². The zero-order valence-corrected chi connectivity index (χ0v) is 17.0. The molecule has 0 aliphatic carbocycles. The van der Waals surface area contributed by atoms with Crippen LogP contribution in [0.3, 0.4) is 0 Å². The minimum atomic E-state index is -1.14. The maximum absolute atomic E-state index is 12.4. The lowest BCUT2D eigenvalue weighted by Crippen LogP contribution is -2.30. The normalized spacial score (nSPS) is 11.3. The number of benzene rings is 3. The number of nitrogens with zero attached hydrogens (tertiary/aromatic N) is 1. The lowest BCUT2D eigenvalue weighted by atomic mass is 10.2. The van der Waals surface area contributed by atoms with E-state index in [-0.39, 0.29) is 22.0 Å². The van der Waals surface area contributed by atoms with Crippen molar-refractivity contribution in [3.8, 4) is 11.5 Å². The molecule has 1 atom stereocenters. The zero-order chi connectivity index (χ0) is 22.4. The molecule has 8 nitrogen and oxygen atoms in total. The molecule has 0 saturated heterocycles. The fraction of sp³-hybridized carbons (Fsp3) is 0.0909. The molecular formula is C22H17ClN2O6. The molecule has 1 N–H and O–H groups in total. The molecular weight excluding hydrogens is 424 g/mol. The van der Waals surface area contributed by atoms with Gasteiger partial charge in [0.05, 0.1) is 21.2 Å². The quantitative estimate of drug-likeness (QED) is 0.306. The van der Waals surface area contributed by atoms with E-state index >= 15 is 0 Å². The molecule has 0 saturated carbocycles. The molecule has 9 heteroatoms. The van der Waals surface area contributed by atoms with E-state index in [1.54, 1.807) is 24.3 Å². The average molecular weight is 441 g/mol. The Kier molecular flexibility index (Phi) is 6.84. The minimum Gasteiger partial charge on any atom is -0.457 e. The highest BCUT2D eigenvalue weighted by atomic mass is 35.5. The Hall–Kier alpha value is -3.91. The fourth-order valence-electron chi connectivity index (χ4n) is 2.55. The summed E-state index contributed by atoms with van der Waals surface area (Å²) in [6.07, 6.45) is -1.14. The number of esters is 1. The van der Waals surface area contributed by atoms with Crippen LogP contribution in [0.25, 0.3) is 0 Å². The predicted octanol–water partition coefficient (Wildman–Crippen LogP) is 5.22. The summed E-state index contributed by atoms with van der Waals surface area (Å²) >= 11 is 5.97. The molecule has 158 valence electrons. The summed E-state index contributed by atoms with van der Waals surface area (Å²) in [6.45, 7) is 1.40. The number of hydrogen-bond acceptors (Lipinski definition) is 6. The van der Waals surface area contributed by atoms with Crippen molar-refractivity contribution in [1.82, 2.24) is 0 Å². The van der Waals surface area contributed by atoms with Gasteiger partial charge in [-0.1, -0.05) is 35.9 Å². The highest BCUT2D eigenvalue weighted by Crippen LogP contribution is 2.27. The molecule has 0 aliphatic rings. The third kappa shape index (κ3) is 5.80. The van der Waals surface area contributed by atoms with Crippen molar-refractivity contribution in [2.24, 2.45) is 0 Å². The van der Waals surface area contributed by atoms with E-state index in [0.29, 0.717) is 11.5 Å². The van der Waals surface area contributed by atoms with E-state index < -0.39 is 22.9 Å². The first-order valence-corrected chi connectivity index (χ1v) is 9.50. The molecule has 0 aromatic heterocycles. The molecule has 0 radical (unpaired) electrons. The van der Waals surface area contributed by atoms with Crippen LogP contribution < -0.4 is 10.1 Å². The van der Waals surface area contributed by atoms with Crippen LogP contribution in [0.1, 0.15) is 17.3 Å². The van der Waals surface area contributed by atoms with Gasteiger partial charge < -0.3 is 14.8 Å². The molecule has 3 aromatic carbocycles. The molecule has 1 amide bonds. The third-order valence-corrected chi connectivity index (χ3v) is 4.44. The van der Waals surface area contributed by atoms with Crippen LogP contribution in [0, 0.1) is 10.1 Å². The number of rotatable bonds is 7. The van der Waals surface area contributed by atoms with E-state index in [2.05, 4.69) is 5.32 Å². The molecule has 0 bridgehead atoms. The Morgan fingerprint density at radius 3 is 2.39 bits per heavy atom. The number of halogens is 1. The van der Waals surface area contributed by atoms with Crippen molar-refractivity contribution in [2.75, 3.05) is 5.32 Å². The van der Waals surface area contributed by atoms with Gasteiger partial charge in [-0.25, -0.2) is 4.79 Å². The first-order valence-electron chi connectivity index (χ1n) is 9.12. The summed E-state index contributed by atoms with van der Waals surface area (Å²) in [5, 5.41) is 13.2. The zero-order valence-electron chi connectivity index (χ0n) is 16.3. The van der Waals surface area contributed by atoms with Gasteiger partial charge in [0.2, 0.25) is 0 Å². The second-order valence-electron chi connectivity index (χ2n) is 6.40. The second kappa shape index (κ2) is 9.73. The molecule has 0 heterocycles. The van der Waals surface area contributed by atoms with Crippen LogP contribution in [0.15, 0.2) is 72.8 Å². The summed E-state index contributed by atoms with van der Waals surface area (Å²) in [6, 6.07) is 19.1. The predicted molar refractivity (Wildman–Crippen MR) is 115 cm³/mol. The molecule has 3 rings (SSSR count). The Labute approximate surface area is 182 Å². The largest absolute Gasteiger partial charge is 0.457 e. The number of nitro benzene ring substituents is 1. The fourth-order valence-corrected chi connectivity index (χ4v) is 2.77. The Morgan fingerprint density at radius 1 is 1.00 bits per heavy atom. The Balaban J connectivity index is 1.63. The van der Waals surface area contributed by atoms with Crippen molar-refractivity contribution in [3.05, 3.63) is 93.5 Å². The number of non-ortho nitro benzene ring substituents is 1. The van der Waals surface area contributed by atoms with Crippen LogP contribution in [-0.2, 0) is 9.53 Å². The monoisotopic (exact) mass is 440 g/mol. The van der Waals surface area contributed by atoms with Crippen LogP contribution in [-0.4, -0.2) is 22.9 Å². The van der Waals surface area contributed by atoms with Gasteiger partial charge in [0, 0.05) is 12.1 Å². The van der Waals surface area contributed by atoms with Gasteiger partial charge in [-0.05, 0) is 43.3 Å². The standard InChI is InChI=1S/C22H17ClN2O6/c1-14(21(26)24-20-11-10-16(25(28)29)13-19(20)23)30-22(27)15-6-5-9-18(12-15)31-17-7-3-2-4-8-17/h2-14H,1H3,(H,24,26)/t14-/m1/s1. The van der Waals surface area contributed by atoms with Gasteiger partial charge >= 0.3 is 5.97 Å². The van der Waals surface area contributed by atoms with E-state index in [9.17, 15) is 19.7 Å². The van der Waals surface area contributed by atoms with E-state index in [1.165, 1.54) is 31.2 Å². The summed E-state index contributed by atoms with van der Waals surface area (Å²) in [5.41, 5.74) is 0.167. The third-order valence-electron chi connectivity index (χ3n) is 4.12. The first-order chi connectivity index (χ1) is 14.8. The van der Waals surface area contributed by atoms with Crippen LogP contribution in [0.2, 0.25) is 5.02 Å². The van der Waals surface area contributed by atoms with E-state index in [1.807, 2.05) is 18.2 Å². The minimum absolute atomic E-state index is 0.00756. The number of nitrogens with one attached hydrogen (secondary N) is 1. The highest BCUT2D eigenvalue weighted by molar-refractivity contribution is 6.34. The van der Waals surface area contributed by atoms with Crippen LogP contribution in [0.5, 0.6) is 11.5 Å². The first kappa shape index (κ1) is 21.8. The molecule has 0 unspecified atom stereocenters. The van der Waals surface area contributed by atoms with Gasteiger partial charge in [-0.2, -0.15) is 0 Å². The average Bonchev–Trinajstić information content (AvgIpc) is 2.75. The summed E-state index contributed by atoms with van der Waals surface area (Å²) in [4.78, 5) is 35.0. The number of carbonyl (C=O) groups is 2. The van der Waals surface area contributed by atoms with Gasteiger partial charge in [-0.15, -0.1) is 0 Å². The van der Waals surface area contributed by atoms with Gasteiger partial charge in [0.25, 0.3) is 11.6 Å². The molecule has 3 aromatic rings. The summed E-state index contributed by atoms with van der Waals surface area (Å²) in [5.74, 6) is -0.298. The van der Waals surface area contributed by atoms with Gasteiger partial charge in [-0.3, -0.25) is 14.9 Å². The Morgan fingerprint density at radius 2 is 1.71 bits per heavy atom. The van der Waals surface area contributed by atoms with Crippen molar-refractivity contribution in [1.29, 1.82) is 0 Å². The summed E-state index contributed by atoms with van der Waals surface area (Å²) in [7, 11) is 0. The van der Waals surface area contributed by atoms with E-state index in [4.69, 9.17) is 21.1 Å². The lowest BCUT2D eigenvalue weighted by Gasteiger charge is -2.14. The maximum Gasteiger partial charge on any atom is 0.339 e. The van der Waals surface area contributed by atoms with E-state index in [0.717, 1.165) is 6.07 Å². The number of ether oxygens (including phenoxy) is 2. The summed E-state index contributed by atoms with van der Waals surface area (Å²) < 4.78 is 10.9. The van der Waals surface area contributed by atoms with Gasteiger partial charge in [0.15, 0.2) is 6.10 Å². The lowest BCUT2D eigenvalue weighted by molar-refractivity contribution is -0.384. The number of hydrogen-bond donors (Lipinski definition) is 1. The molecule has 0 aliphatic heterocycles. The second-order valence-corrected chi connectivity index (χ2v) is 6.81. The maximum atomic E-state index is 12.4. The smallest absolute Gasteiger partial charge is 0.339 e.